The summed E-state index contributed by atoms with van der Waals surface area (Å²) in [4.78, 5) is 24.2. The topological polar surface area (TPSA) is 72.8 Å². The van der Waals surface area contributed by atoms with Crippen molar-refractivity contribution in [3.8, 4) is 0 Å². The smallest absolute Gasteiger partial charge is 0.306 e. The van der Waals surface area contributed by atoms with E-state index in [1.54, 1.807) is 0 Å². The van der Waals surface area contributed by atoms with Crippen molar-refractivity contribution in [2.45, 2.75) is 347 Å². The number of carbonyl (C=O) groups excluding carboxylic acids is 2. The van der Waals surface area contributed by atoms with Crippen LogP contribution in [0.2, 0.25) is 0 Å². The molecule has 5 heteroatoms. The Bertz CT molecular complexity index is 875. The molecule has 63 heavy (non-hydrogen) atoms. The van der Waals surface area contributed by atoms with Crippen molar-refractivity contribution in [3.63, 3.8) is 0 Å². The summed E-state index contributed by atoms with van der Waals surface area (Å²) >= 11 is 0. The highest BCUT2D eigenvalue weighted by Gasteiger charge is 2.16. The maximum atomic E-state index is 12.2. The number of carbonyl (C=O) groups is 2. The van der Waals surface area contributed by atoms with E-state index in [4.69, 9.17) is 9.47 Å². The molecule has 0 spiro atoms. The summed E-state index contributed by atoms with van der Waals surface area (Å²) in [5.41, 5.74) is 0. The van der Waals surface area contributed by atoms with Gasteiger partial charge in [-0.15, -0.1) is 0 Å². The van der Waals surface area contributed by atoms with E-state index in [-0.39, 0.29) is 25.2 Å². The Hall–Kier alpha value is -1.10. The third kappa shape index (κ3) is 53.4. The molecule has 0 heterocycles. The fraction of sp³-hybridized carbons (Fsp3) is 0.966. The third-order valence-electron chi connectivity index (χ3n) is 13.7. The van der Waals surface area contributed by atoms with Gasteiger partial charge in [0, 0.05) is 12.8 Å². The van der Waals surface area contributed by atoms with E-state index < -0.39 is 6.10 Å². The Morgan fingerprint density at radius 1 is 0.302 bits per heavy atom. The molecular formula is C58H114O5. The number of aliphatic hydroxyl groups excluding tert-OH is 1. The average molecular weight is 892 g/mol. The zero-order valence-corrected chi connectivity index (χ0v) is 43.1. The van der Waals surface area contributed by atoms with Gasteiger partial charge in [0.1, 0.15) is 6.61 Å². The summed E-state index contributed by atoms with van der Waals surface area (Å²) in [5, 5.41) is 9.57. The van der Waals surface area contributed by atoms with Gasteiger partial charge in [-0.1, -0.05) is 316 Å². The average Bonchev–Trinajstić information content (AvgIpc) is 3.29. The van der Waals surface area contributed by atoms with Crippen molar-refractivity contribution in [1.29, 1.82) is 0 Å². The standard InChI is InChI=1S/C58H114O5/c1-3-5-7-9-11-13-14-15-16-17-18-19-20-21-22-23-24-25-26-27-28-29-30-31-32-33-34-35-36-37-38-39-40-41-42-43-44-45-47-49-51-53-58(61)63-56(54-59)55-62-57(60)52-50-48-46-12-10-8-6-4-2/h56,59H,3-55H2,1-2H3. The second kappa shape index (κ2) is 55.2. The first kappa shape index (κ1) is 61.9. The van der Waals surface area contributed by atoms with E-state index in [0.29, 0.717) is 12.8 Å². The Kier molecular flexibility index (Phi) is 54.3. The highest BCUT2D eigenvalue weighted by Crippen LogP contribution is 2.19. The summed E-state index contributed by atoms with van der Waals surface area (Å²) in [6, 6.07) is 0. The van der Waals surface area contributed by atoms with Crippen molar-refractivity contribution < 1.29 is 24.2 Å². The molecule has 1 unspecified atom stereocenters. The van der Waals surface area contributed by atoms with Crippen LogP contribution in [-0.2, 0) is 19.1 Å². The van der Waals surface area contributed by atoms with E-state index in [2.05, 4.69) is 13.8 Å². The summed E-state index contributed by atoms with van der Waals surface area (Å²) in [7, 11) is 0. The number of aliphatic hydroxyl groups is 1. The highest BCUT2D eigenvalue weighted by atomic mass is 16.6. The van der Waals surface area contributed by atoms with Crippen LogP contribution in [0.5, 0.6) is 0 Å². The van der Waals surface area contributed by atoms with Crippen LogP contribution in [-0.4, -0.2) is 36.4 Å². The fourth-order valence-electron chi connectivity index (χ4n) is 9.27. The molecule has 376 valence electrons. The SMILES string of the molecule is CCCCCCCCCCCCCCCCCCCCCCCCCCCCCCCCCCCCCCCCCCCC(=O)OC(CO)COC(=O)CCCCCCCCCC. The molecule has 0 radical (unpaired) electrons. The van der Waals surface area contributed by atoms with Gasteiger partial charge in [-0.05, 0) is 12.8 Å². The number of unbranched alkanes of at least 4 members (excludes halogenated alkanes) is 47. The van der Waals surface area contributed by atoms with Crippen LogP contribution in [0.3, 0.4) is 0 Å². The van der Waals surface area contributed by atoms with Crippen molar-refractivity contribution in [2.75, 3.05) is 13.2 Å². The van der Waals surface area contributed by atoms with E-state index in [1.165, 1.54) is 276 Å². The van der Waals surface area contributed by atoms with Gasteiger partial charge in [0.2, 0.25) is 0 Å². The van der Waals surface area contributed by atoms with Gasteiger partial charge in [0.25, 0.3) is 0 Å². The van der Waals surface area contributed by atoms with Gasteiger partial charge < -0.3 is 14.6 Å². The van der Waals surface area contributed by atoms with Gasteiger partial charge in [-0.2, -0.15) is 0 Å². The molecule has 1 N–H and O–H groups in total. The number of ether oxygens (including phenoxy) is 2. The van der Waals surface area contributed by atoms with Crippen LogP contribution in [0.15, 0.2) is 0 Å². The first-order valence-electron chi connectivity index (χ1n) is 29.1. The molecule has 0 rings (SSSR count). The molecule has 0 aromatic heterocycles. The predicted octanol–water partition coefficient (Wildman–Crippen LogP) is 19.4. The normalized spacial score (nSPS) is 12.0. The van der Waals surface area contributed by atoms with Crippen LogP contribution >= 0.6 is 0 Å². The lowest BCUT2D eigenvalue weighted by Crippen LogP contribution is -2.28. The first-order chi connectivity index (χ1) is 31.1. The van der Waals surface area contributed by atoms with Gasteiger partial charge >= 0.3 is 11.9 Å². The quantitative estimate of drug-likeness (QED) is 0.0486. The number of hydrogen-bond acceptors (Lipinski definition) is 5. The largest absolute Gasteiger partial charge is 0.462 e. The molecule has 5 nitrogen and oxygen atoms in total. The lowest BCUT2D eigenvalue weighted by atomic mass is 10.0. The number of rotatable bonds is 55. The second-order valence-corrected chi connectivity index (χ2v) is 20.1. The Labute approximate surface area is 395 Å². The molecule has 0 bridgehead atoms. The minimum Gasteiger partial charge on any atom is -0.462 e. The van der Waals surface area contributed by atoms with Crippen LogP contribution in [0, 0.1) is 0 Å². The monoisotopic (exact) mass is 891 g/mol. The zero-order chi connectivity index (χ0) is 45.6. The second-order valence-electron chi connectivity index (χ2n) is 20.1. The van der Waals surface area contributed by atoms with Crippen molar-refractivity contribution >= 4 is 11.9 Å². The molecule has 0 saturated carbocycles. The van der Waals surface area contributed by atoms with Crippen LogP contribution < -0.4 is 0 Å². The minimum atomic E-state index is -0.762. The molecule has 0 aromatic carbocycles. The van der Waals surface area contributed by atoms with Crippen molar-refractivity contribution in [3.05, 3.63) is 0 Å². The summed E-state index contributed by atoms with van der Waals surface area (Å²) in [5.74, 6) is -0.576. The molecule has 0 amide bonds. The highest BCUT2D eigenvalue weighted by molar-refractivity contribution is 5.70. The van der Waals surface area contributed by atoms with E-state index >= 15 is 0 Å². The first-order valence-corrected chi connectivity index (χ1v) is 29.1. The van der Waals surface area contributed by atoms with Crippen molar-refractivity contribution in [2.24, 2.45) is 0 Å². The summed E-state index contributed by atoms with van der Waals surface area (Å²) < 4.78 is 10.6. The third-order valence-corrected chi connectivity index (χ3v) is 13.7. The summed E-state index contributed by atoms with van der Waals surface area (Å²) in [6.07, 6.45) is 67.2. The minimum absolute atomic E-state index is 0.0577. The maximum Gasteiger partial charge on any atom is 0.306 e. The van der Waals surface area contributed by atoms with Gasteiger partial charge in [-0.25, -0.2) is 0 Å². The molecule has 0 aliphatic heterocycles. The lowest BCUT2D eigenvalue weighted by molar-refractivity contribution is -0.161. The molecule has 0 aliphatic carbocycles. The molecule has 0 saturated heterocycles. The fourth-order valence-corrected chi connectivity index (χ4v) is 9.27. The Morgan fingerprint density at radius 2 is 0.492 bits per heavy atom. The lowest BCUT2D eigenvalue weighted by Gasteiger charge is -2.15. The van der Waals surface area contributed by atoms with E-state index in [0.717, 1.165) is 38.5 Å². The molecule has 1 atom stereocenters. The van der Waals surface area contributed by atoms with E-state index in [9.17, 15) is 14.7 Å². The van der Waals surface area contributed by atoms with Crippen molar-refractivity contribution in [1.82, 2.24) is 0 Å². The van der Waals surface area contributed by atoms with Gasteiger partial charge in [0.05, 0.1) is 6.61 Å². The molecular weight excluding hydrogens is 777 g/mol. The van der Waals surface area contributed by atoms with Crippen LogP contribution in [0.25, 0.3) is 0 Å². The zero-order valence-electron chi connectivity index (χ0n) is 43.1. The van der Waals surface area contributed by atoms with Gasteiger partial charge in [0.15, 0.2) is 6.10 Å². The molecule has 0 fully saturated rings. The van der Waals surface area contributed by atoms with Crippen LogP contribution in [0.1, 0.15) is 341 Å². The van der Waals surface area contributed by atoms with E-state index in [1.807, 2.05) is 0 Å². The number of hydrogen-bond donors (Lipinski definition) is 1. The van der Waals surface area contributed by atoms with Crippen LogP contribution in [0.4, 0.5) is 0 Å². The Balaban J connectivity index is 3.26. The maximum absolute atomic E-state index is 12.2. The molecule has 0 aliphatic rings. The van der Waals surface area contributed by atoms with Gasteiger partial charge in [-0.3, -0.25) is 9.59 Å². The molecule has 0 aromatic rings. The predicted molar refractivity (Wildman–Crippen MR) is 275 cm³/mol. The summed E-state index contributed by atoms with van der Waals surface area (Å²) in [6.45, 7) is 4.15. The Morgan fingerprint density at radius 3 is 0.698 bits per heavy atom. The number of esters is 2.